The normalized spacial score (nSPS) is 15.8. The van der Waals surface area contributed by atoms with Gasteiger partial charge in [-0.15, -0.1) is 0 Å². The number of aryl methyl sites for hydroxylation is 2. The fourth-order valence-corrected chi connectivity index (χ4v) is 3.49. The number of hydrogen-bond donors (Lipinski definition) is 0. The molecule has 1 aliphatic rings. The standard InChI is InChI=1S/C22H28N2O2/c1-18-14-19(2)16-20(15-18)17-24-11-10-23(9-8-22(24)25)12-13-26-21-6-4-3-5-7-21/h3-7,14-16H,8-13,17H2,1-2H3. The molecule has 138 valence electrons. The molecule has 0 spiro atoms. The van der Waals surface area contributed by atoms with E-state index in [0.717, 1.165) is 31.9 Å². The van der Waals surface area contributed by atoms with E-state index >= 15 is 0 Å². The Labute approximate surface area is 156 Å². The summed E-state index contributed by atoms with van der Waals surface area (Å²) in [5, 5.41) is 0. The first kappa shape index (κ1) is 18.5. The molecular weight excluding hydrogens is 324 g/mol. The molecule has 4 nitrogen and oxygen atoms in total. The maximum absolute atomic E-state index is 12.5. The van der Waals surface area contributed by atoms with Crippen molar-refractivity contribution in [3.63, 3.8) is 0 Å². The number of carbonyl (C=O) groups is 1. The third-order valence-electron chi connectivity index (χ3n) is 4.76. The van der Waals surface area contributed by atoms with E-state index < -0.39 is 0 Å². The SMILES string of the molecule is Cc1cc(C)cc(CN2CCN(CCOc3ccccc3)CCC2=O)c1. The van der Waals surface area contributed by atoms with Gasteiger partial charge >= 0.3 is 0 Å². The van der Waals surface area contributed by atoms with Crippen LogP contribution >= 0.6 is 0 Å². The second-order valence-corrected chi connectivity index (χ2v) is 7.06. The molecule has 0 N–H and O–H groups in total. The van der Waals surface area contributed by atoms with Crippen molar-refractivity contribution in [3.8, 4) is 5.75 Å². The van der Waals surface area contributed by atoms with Crippen LogP contribution in [0.4, 0.5) is 0 Å². The molecule has 1 heterocycles. The molecule has 0 atom stereocenters. The van der Waals surface area contributed by atoms with E-state index in [2.05, 4.69) is 36.9 Å². The first-order valence-electron chi connectivity index (χ1n) is 9.35. The van der Waals surface area contributed by atoms with Crippen molar-refractivity contribution >= 4 is 5.91 Å². The summed E-state index contributed by atoms with van der Waals surface area (Å²) in [7, 11) is 0. The third-order valence-corrected chi connectivity index (χ3v) is 4.76. The largest absolute Gasteiger partial charge is 0.492 e. The lowest BCUT2D eigenvalue weighted by Gasteiger charge is -2.22. The average molecular weight is 352 g/mol. The molecule has 0 bridgehead atoms. The number of hydrogen-bond acceptors (Lipinski definition) is 3. The van der Waals surface area contributed by atoms with Crippen LogP contribution in [0.3, 0.4) is 0 Å². The van der Waals surface area contributed by atoms with Gasteiger partial charge in [0.15, 0.2) is 0 Å². The van der Waals surface area contributed by atoms with Gasteiger partial charge in [-0.3, -0.25) is 9.69 Å². The lowest BCUT2D eigenvalue weighted by molar-refractivity contribution is -0.130. The van der Waals surface area contributed by atoms with Crippen molar-refractivity contribution in [1.82, 2.24) is 9.80 Å². The Hall–Kier alpha value is -2.33. The van der Waals surface area contributed by atoms with Crippen LogP contribution in [0, 0.1) is 13.8 Å². The quantitative estimate of drug-likeness (QED) is 0.799. The molecule has 26 heavy (non-hydrogen) atoms. The van der Waals surface area contributed by atoms with E-state index in [0.29, 0.717) is 19.6 Å². The number of nitrogens with zero attached hydrogens (tertiary/aromatic N) is 2. The van der Waals surface area contributed by atoms with E-state index in [1.807, 2.05) is 35.2 Å². The van der Waals surface area contributed by atoms with Crippen LogP contribution in [0.1, 0.15) is 23.1 Å². The molecule has 0 radical (unpaired) electrons. The maximum atomic E-state index is 12.5. The monoisotopic (exact) mass is 352 g/mol. The molecule has 0 aromatic heterocycles. The molecule has 0 unspecified atom stereocenters. The lowest BCUT2D eigenvalue weighted by atomic mass is 10.1. The van der Waals surface area contributed by atoms with Gasteiger partial charge in [0, 0.05) is 39.1 Å². The van der Waals surface area contributed by atoms with Gasteiger partial charge in [0.2, 0.25) is 5.91 Å². The zero-order valence-electron chi connectivity index (χ0n) is 15.8. The predicted octanol–water partition coefficient (Wildman–Crippen LogP) is 3.42. The van der Waals surface area contributed by atoms with Gasteiger partial charge in [0.05, 0.1) is 0 Å². The van der Waals surface area contributed by atoms with Crippen molar-refractivity contribution in [3.05, 3.63) is 65.2 Å². The predicted molar refractivity (Wildman–Crippen MR) is 104 cm³/mol. The highest BCUT2D eigenvalue weighted by molar-refractivity contribution is 5.76. The number of benzene rings is 2. The molecule has 0 saturated carbocycles. The molecule has 1 fully saturated rings. The third kappa shape index (κ3) is 5.33. The highest BCUT2D eigenvalue weighted by Crippen LogP contribution is 2.14. The Kier molecular flexibility index (Phi) is 6.29. The Morgan fingerprint density at radius 1 is 0.962 bits per heavy atom. The minimum Gasteiger partial charge on any atom is -0.492 e. The second kappa shape index (κ2) is 8.86. The highest BCUT2D eigenvalue weighted by atomic mass is 16.5. The molecule has 2 aromatic carbocycles. The van der Waals surface area contributed by atoms with E-state index in [-0.39, 0.29) is 5.91 Å². The minimum absolute atomic E-state index is 0.246. The van der Waals surface area contributed by atoms with Gasteiger partial charge in [-0.2, -0.15) is 0 Å². The molecular formula is C22H28N2O2. The number of para-hydroxylation sites is 1. The van der Waals surface area contributed by atoms with Crippen LogP contribution in [0.15, 0.2) is 48.5 Å². The van der Waals surface area contributed by atoms with Gasteiger partial charge < -0.3 is 9.64 Å². The van der Waals surface area contributed by atoms with Crippen LogP contribution in [-0.4, -0.2) is 48.5 Å². The summed E-state index contributed by atoms with van der Waals surface area (Å²) < 4.78 is 5.79. The topological polar surface area (TPSA) is 32.8 Å². The fraction of sp³-hybridized carbons (Fsp3) is 0.409. The first-order valence-corrected chi connectivity index (χ1v) is 9.35. The fourth-order valence-electron chi connectivity index (χ4n) is 3.49. The number of carbonyl (C=O) groups excluding carboxylic acids is 1. The smallest absolute Gasteiger partial charge is 0.224 e. The highest BCUT2D eigenvalue weighted by Gasteiger charge is 2.21. The van der Waals surface area contributed by atoms with Crippen LogP contribution in [0.25, 0.3) is 0 Å². The zero-order chi connectivity index (χ0) is 18.4. The summed E-state index contributed by atoms with van der Waals surface area (Å²) in [5.74, 6) is 1.14. The van der Waals surface area contributed by atoms with Gasteiger partial charge in [-0.05, 0) is 31.5 Å². The summed E-state index contributed by atoms with van der Waals surface area (Å²) in [5.41, 5.74) is 3.72. The second-order valence-electron chi connectivity index (χ2n) is 7.06. The summed E-state index contributed by atoms with van der Waals surface area (Å²) in [6, 6.07) is 16.4. The summed E-state index contributed by atoms with van der Waals surface area (Å²) in [4.78, 5) is 16.8. The van der Waals surface area contributed by atoms with Crippen molar-refractivity contribution in [2.24, 2.45) is 0 Å². The minimum atomic E-state index is 0.246. The van der Waals surface area contributed by atoms with E-state index in [9.17, 15) is 4.79 Å². The zero-order valence-corrected chi connectivity index (χ0v) is 15.8. The summed E-state index contributed by atoms with van der Waals surface area (Å²) >= 11 is 0. The Morgan fingerprint density at radius 2 is 1.69 bits per heavy atom. The van der Waals surface area contributed by atoms with E-state index in [4.69, 9.17) is 4.74 Å². The Bertz CT molecular complexity index is 710. The number of ether oxygens (including phenoxy) is 1. The molecule has 1 saturated heterocycles. The van der Waals surface area contributed by atoms with Crippen molar-refractivity contribution in [2.75, 3.05) is 32.8 Å². The van der Waals surface area contributed by atoms with Crippen LogP contribution in [0.5, 0.6) is 5.75 Å². The first-order chi connectivity index (χ1) is 12.6. The van der Waals surface area contributed by atoms with E-state index in [1.165, 1.54) is 16.7 Å². The summed E-state index contributed by atoms with van der Waals surface area (Å²) in [6.07, 6.45) is 0.579. The van der Waals surface area contributed by atoms with Gasteiger partial charge in [-0.1, -0.05) is 47.5 Å². The Morgan fingerprint density at radius 3 is 2.42 bits per heavy atom. The van der Waals surface area contributed by atoms with Crippen LogP contribution in [-0.2, 0) is 11.3 Å². The number of rotatable bonds is 6. The van der Waals surface area contributed by atoms with Crippen molar-refractivity contribution in [1.29, 1.82) is 0 Å². The van der Waals surface area contributed by atoms with Gasteiger partial charge in [0.25, 0.3) is 0 Å². The van der Waals surface area contributed by atoms with Gasteiger partial charge in [0.1, 0.15) is 12.4 Å². The summed E-state index contributed by atoms with van der Waals surface area (Å²) in [6.45, 7) is 8.89. The number of amides is 1. The van der Waals surface area contributed by atoms with Crippen molar-refractivity contribution < 1.29 is 9.53 Å². The molecule has 1 aliphatic heterocycles. The average Bonchev–Trinajstić information content (AvgIpc) is 2.78. The molecule has 2 aromatic rings. The molecule has 0 aliphatic carbocycles. The van der Waals surface area contributed by atoms with E-state index in [1.54, 1.807) is 0 Å². The Balaban J connectivity index is 1.50. The molecule has 1 amide bonds. The van der Waals surface area contributed by atoms with Crippen LogP contribution < -0.4 is 4.74 Å². The maximum Gasteiger partial charge on any atom is 0.224 e. The molecule has 4 heteroatoms. The van der Waals surface area contributed by atoms with Gasteiger partial charge in [-0.25, -0.2) is 0 Å². The van der Waals surface area contributed by atoms with Crippen molar-refractivity contribution in [2.45, 2.75) is 26.8 Å². The molecule has 3 rings (SSSR count). The lowest BCUT2D eigenvalue weighted by Crippen LogP contribution is -2.34. The van der Waals surface area contributed by atoms with Crippen LogP contribution in [0.2, 0.25) is 0 Å².